The van der Waals surface area contributed by atoms with Crippen LogP contribution in [-0.4, -0.2) is 98.5 Å². The molecule has 2 heterocycles. The highest BCUT2D eigenvalue weighted by Gasteiger charge is 2.40. The van der Waals surface area contributed by atoms with Crippen LogP contribution < -0.4 is 9.47 Å². The van der Waals surface area contributed by atoms with Crippen LogP contribution in [-0.2, 0) is 32.2 Å². The van der Waals surface area contributed by atoms with Crippen molar-refractivity contribution in [1.82, 2.24) is 14.9 Å². The maximum atomic E-state index is 10.3. The maximum absolute atomic E-state index is 10.3. The number of ether oxygens (including phenoxy) is 3. The molecule has 0 saturated carbocycles. The van der Waals surface area contributed by atoms with E-state index in [0.29, 0.717) is 0 Å². The van der Waals surface area contributed by atoms with Crippen LogP contribution in [0.2, 0.25) is 0 Å². The van der Waals surface area contributed by atoms with Crippen molar-refractivity contribution < 1.29 is 49.0 Å². The molecule has 1 unspecified atom stereocenters. The highest BCUT2D eigenvalue weighted by Crippen LogP contribution is 2.27. The minimum atomic E-state index is -2.74. The van der Waals surface area contributed by atoms with Gasteiger partial charge in [-0.25, -0.2) is 14.8 Å². The van der Waals surface area contributed by atoms with E-state index in [2.05, 4.69) is 20.9 Å². The summed E-state index contributed by atoms with van der Waals surface area (Å²) >= 11 is 1.55. The zero-order valence-corrected chi connectivity index (χ0v) is 23.4. The Balaban J connectivity index is 0.000000366. The van der Waals surface area contributed by atoms with Crippen molar-refractivity contribution in [2.24, 2.45) is 0 Å². The second-order valence-corrected chi connectivity index (χ2v) is 9.81. The molecule has 3 rings (SSSR count). The van der Waals surface area contributed by atoms with Crippen LogP contribution in [0.25, 0.3) is 0 Å². The average molecular weight is 582 g/mol. The summed E-state index contributed by atoms with van der Waals surface area (Å²) < 4.78 is 16.7. The number of carbonyl (C=O) groups is 3. The number of carboxylic acids is 3. The summed E-state index contributed by atoms with van der Waals surface area (Å²) in [5, 5.41) is 34.6. The van der Waals surface area contributed by atoms with E-state index in [4.69, 9.17) is 34.6 Å². The summed E-state index contributed by atoms with van der Waals surface area (Å²) in [6.45, 7) is 3.26. The summed E-state index contributed by atoms with van der Waals surface area (Å²) in [7, 11) is 3.36. The molecule has 2 aromatic rings. The van der Waals surface area contributed by atoms with E-state index in [-0.39, 0.29) is 6.10 Å². The lowest BCUT2D eigenvalue weighted by Gasteiger charge is -2.26. The standard InChI is InChI=1S/C20H27N3O3S.C6H8O7/c1-24-17-7-6-16(19(9-17)25-2)13-23(14-18-5-4-8-26-18)12-15-10-21-20(27-3)22-11-15;7-3(8)1-6(13,5(11)12)2-4(9)10/h6-7,9-11,18H,4-5,8,12-14H2,1-3H3;13H,1-2H2,(H,7,8)(H,9,10)(H,11,12). The topological polar surface area (TPSA) is 189 Å². The van der Waals surface area contributed by atoms with Gasteiger partial charge >= 0.3 is 17.9 Å². The molecule has 1 atom stereocenters. The van der Waals surface area contributed by atoms with Gasteiger partial charge < -0.3 is 34.6 Å². The smallest absolute Gasteiger partial charge is 0.336 e. The molecule has 4 N–H and O–H groups in total. The molecule has 220 valence electrons. The van der Waals surface area contributed by atoms with Crippen molar-refractivity contribution in [2.75, 3.05) is 33.6 Å². The summed E-state index contributed by atoms with van der Waals surface area (Å²) in [6, 6.07) is 5.96. The van der Waals surface area contributed by atoms with Gasteiger partial charge in [-0.15, -0.1) is 0 Å². The molecule has 1 aliphatic heterocycles. The second kappa shape index (κ2) is 16.0. The normalized spacial score (nSPS) is 14.8. The van der Waals surface area contributed by atoms with E-state index in [0.717, 1.165) is 66.9 Å². The van der Waals surface area contributed by atoms with E-state index < -0.39 is 36.4 Å². The van der Waals surface area contributed by atoms with Gasteiger partial charge in [0.15, 0.2) is 10.8 Å². The van der Waals surface area contributed by atoms with Crippen molar-refractivity contribution in [3.05, 3.63) is 41.7 Å². The first kappa shape index (κ1) is 32.8. The number of aliphatic hydroxyl groups is 1. The summed E-state index contributed by atoms with van der Waals surface area (Å²) in [5.41, 5.74) is -0.520. The highest BCUT2D eigenvalue weighted by atomic mass is 32.2. The Hall–Kier alpha value is -3.46. The van der Waals surface area contributed by atoms with Crippen molar-refractivity contribution in [3.8, 4) is 11.5 Å². The molecule has 1 aromatic heterocycles. The lowest BCUT2D eigenvalue weighted by atomic mass is 9.96. The number of aromatic nitrogens is 2. The number of hydrogen-bond donors (Lipinski definition) is 4. The summed E-state index contributed by atoms with van der Waals surface area (Å²) in [5.74, 6) is -3.39. The van der Waals surface area contributed by atoms with Crippen LogP contribution in [0, 0.1) is 0 Å². The predicted molar refractivity (Wildman–Crippen MR) is 144 cm³/mol. The first-order chi connectivity index (χ1) is 19.0. The van der Waals surface area contributed by atoms with Gasteiger partial charge in [-0.05, 0) is 25.2 Å². The number of aliphatic carboxylic acids is 3. The van der Waals surface area contributed by atoms with Gasteiger partial charge in [0, 0.05) is 55.8 Å². The Morgan fingerprint density at radius 2 is 1.73 bits per heavy atom. The molecule has 0 radical (unpaired) electrons. The number of carboxylic acid groups (broad SMARTS) is 3. The number of methoxy groups -OCH3 is 2. The summed E-state index contributed by atoms with van der Waals surface area (Å²) in [4.78, 5) is 41.7. The molecule has 0 aliphatic carbocycles. The van der Waals surface area contributed by atoms with Crippen molar-refractivity contribution >= 4 is 29.7 Å². The van der Waals surface area contributed by atoms with Crippen LogP contribution in [0.4, 0.5) is 0 Å². The first-order valence-electron chi connectivity index (χ1n) is 12.3. The monoisotopic (exact) mass is 581 g/mol. The molecule has 1 aliphatic rings. The third kappa shape index (κ3) is 10.6. The third-order valence-corrected chi connectivity index (χ3v) is 6.51. The molecule has 13 nitrogen and oxygen atoms in total. The number of hydrogen-bond acceptors (Lipinski definition) is 11. The molecule has 0 amide bonds. The van der Waals surface area contributed by atoms with E-state index in [1.54, 1.807) is 26.0 Å². The van der Waals surface area contributed by atoms with Crippen molar-refractivity contribution in [1.29, 1.82) is 0 Å². The number of thioether (sulfide) groups is 1. The Bertz CT molecular complexity index is 1110. The van der Waals surface area contributed by atoms with Gasteiger partial charge in [0.25, 0.3) is 0 Å². The van der Waals surface area contributed by atoms with Crippen molar-refractivity contribution in [3.63, 3.8) is 0 Å². The lowest BCUT2D eigenvalue weighted by molar-refractivity contribution is -0.170. The molecule has 1 fully saturated rings. The molecule has 0 spiro atoms. The van der Waals surface area contributed by atoms with Crippen LogP contribution in [0.1, 0.15) is 36.8 Å². The second-order valence-electron chi connectivity index (χ2n) is 9.04. The van der Waals surface area contributed by atoms with Gasteiger partial charge in [-0.2, -0.15) is 0 Å². The van der Waals surface area contributed by atoms with E-state index in [1.165, 1.54) is 0 Å². The van der Waals surface area contributed by atoms with E-state index in [1.807, 2.05) is 30.8 Å². The minimum Gasteiger partial charge on any atom is -0.497 e. The fourth-order valence-corrected chi connectivity index (χ4v) is 4.30. The average Bonchev–Trinajstić information content (AvgIpc) is 3.41. The van der Waals surface area contributed by atoms with Gasteiger partial charge in [-0.1, -0.05) is 17.8 Å². The van der Waals surface area contributed by atoms with Crippen molar-refractivity contribution in [2.45, 2.75) is 55.6 Å². The number of nitrogens with zero attached hydrogens (tertiary/aromatic N) is 3. The van der Waals surface area contributed by atoms with Crippen LogP contribution in [0.15, 0.2) is 35.7 Å². The SMILES string of the molecule is COc1ccc(CN(Cc2cnc(SC)nc2)CC2CCCO2)c(OC)c1.O=C(O)CC(O)(CC(=O)O)C(=O)O. The largest absolute Gasteiger partial charge is 0.497 e. The molecule has 40 heavy (non-hydrogen) atoms. The Labute approximate surface area is 236 Å². The highest BCUT2D eigenvalue weighted by molar-refractivity contribution is 7.98. The van der Waals surface area contributed by atoms with E-state index in [9.17, 15) is 14.4 Å². The number of benzene rings is 1. The molecule has 14 heteroatoms. The van der Waals surface area contributed by atoms with Crippen LogP contribution in [0.5, 0.6) is 11.5 Å². The number of rotatable bonds is 14. The van der Waals surface area contributed by atoms with Gasteiger partial charge in [0.2, 0.25) is 0 Å². The van der Waals surface area contributed by atoms with Crippen LogP contribution in [0.3, 0.4) is 0 Å². The zero-order chi connectivity index (χ0) is 29.7. The fraction of sp³-hybridized carbons (Fsp3) is 0.500. The molecular formula is C26H35N3O10S. The van der Waals surface area contributed by atoms with Gasteiger partial charge in [0.1, 0.15) is 11.5 Å². The lowest BCUT2D eigenvalue weighted by Crippen LogP contribution is -2.42. The molecular weight excluding hydrogens is 546 g/mol. The Morgan fingerprint density at radius 3 is 2.20 bits per heavy atom. The Morgan fingerprint density at radius 1 is 1.07 bits per heavy atom. The minimum absolute atomic E-state index is 0.278. The van der Waals surface area contributed by atoms with Gasteiger partial charge in [0.05, 0.1) is 33.2 Å². The Kier molecular flexibility index (Phi) is 13.1. The van der Waals surface area contributed by atoms with Crippen LogP contribution >= 0.6 is 11.8 Å². The zero-order valence-electron chi connectivity index (χ0n) is 22.6. The first-order valence-corrected chi connectivity index (χ1v) is 13.5. The molecule has 1 saturated heterocycles. The molecule has 0 bridgehead atoms. The third-order valence-electron chi connectivity index (χ3n) is 5.93. The predicted octanol–water partition coefficient (Wildman–Crippen LogP) is 2.15. The summed E-state index contributed by atoms with van der Waals surface area (Å²) in [6.07, 6.45) is 6.03. The fourth-order valence-electron chi connectivity index (χ4n) is 3.99. The maximum Gasteiger partial charge on any atom is 0.336 e. The van der Waals surface area contributed by atoms with E-state index >= 15 is 0 Å². The molecule has 1 aromatic carbocycles. The van der Waals surface area contributed by atoms with Gasteiger partial charge in [-0.3, -0.25) is 14.5 Å². The quantitative estimate of drug-likeness (QED) is 0.187.